The zero-order valence-corrected chi connectivity index (χ0v) is 15.0. The number of hydrogen-bond acceptors (Lipinski definition) is 3. The van der Waals surface area contributed by atoms with E-state index in [0.29, 0.717) is 12.1 Å². The molecule has 0 aromatic carbocycles. The molecule has 0 saturated carbocycles. The van der Waals surface area contributed by atoms with Crippen LogP contribution in [0.1, 0.15) is 60.1 Å². The Bertz CT molecular complexity index is 467. The van der Waals surface area contributed by atoms with E-state index < -0.39 is 5.41 Å². The fourth-order valence-electron chi connectivity index (χ4n) is 3.24. The van der Waals surface area contributed by atoms with Crippen molar-refractivity contribution >= 4 is 0 Å². The Kier molecular flexibility index (Phi) is 7.03. The Morgan fingerprint density at radius 2 is 1.82 bits per heavy atom. The monoisotopic (exact) mass is 301 g/mol. The number of rotatable bonds is 8. The van der Waals surface area contributed by atoms with E-state index in [0.717, 1.165) is 25.1 Å². The maximum Gasteiger partial charge on any atom is 0.103 e. The molecule has 0 amide bonds. The van der Waals surface area contributed by atoms with Gasteiger partial charge in [0.15, 0.2) is 0 Å². The second-order valence-corrected chi connectivity index (χ2v) is 6.78. The van der Waals surface area contributed by atoms with Gasteiger partial charge in [0, 0.05) is 24.8 Å². The van der Waals surface area contributed by atoms with Crippen molar-refractivity contribution in [3.63, 3.8) is 0 Å². The number of aromatic nitrogens is 1. The second-order valence-electron chi connectivity index (χ2n) is 6.78. The van der Waals surface area contributed by atoms with Crippen molar-refractivity contribution in [3.05, 3.63) is 30.1 Å². The lowest BCUT2D eigenvalue weighted by atomic mass is 9.70. The smallest absolute Gasteiger partial charge is 0.103 e. The molecule has 0 spiro atoms. The summed E-state index contributed by atoms with van der Waals surface area (Å²) in [4.78, 5) is 6.97. The highest BCUT2D eigenvalue weighted by atomic mass is 15.2. The van der Waals surface area contributed by atoms with Crippen molar-refractivity contribution in [3.8, 4) is 6.07 Å². The average molecular weight is 301 g/mol. The third-order valence-electron chi connectivity index (χ3n) is 4.87. The van der Waals surface area contributed by atoms with Crippen LogP contribution >= 0.6 is 0 Å². The van der Waals surface area contributed by atoms with Crippen LogP contribution in [0.5, 0.6) is 0 Å². The van der Waals surface area contributed by atoms with Crippen LogP contribution in [-0.4, -0.2) is 28.5 Å². The van der Waals surface area contributed by atoms with Crippen molar-refractivity contribution in [2.75, 3.05) is 6.54 Å². The van der Waals surface area contributed by atoms with Gasteiger partial charge in [-0.2, -0.15) is 5.26 Å². The molecule has 0 fully saturated rings. The quantitative estimate of drug-likeness (QED) is 0.714. The predicted octanol–water partition coefficient (Wildman–Crippen LogP) is 4.40. The van der Waals surface area contributed by atoms with E-state index in [-0.39, 0.29) is 5.92 Å². The molecule has 1 aromatic rings. The summed E-state index contributed by atoms with van der Waals surface area (Å²) in [7, 11) is 0. The summed E-state index contributed by atoms with van der Waals surface area (Å²) in [5, 5.41) is 10.0. The lowest BCUT2D eigenvalue weighted by molar-refractivity contribution is 0.152. The summed E-state index contributed by atoms with van der Waals surface area (Å²) >= 11 is 0. The molecule has 1 heterocycles. The molecule has 0 saturated heterocycles. The molecule has 3 nitrogen and oxygen atoms in total. The van der Waals surface area contributed by atoms with Gasteiger partial charge in [-0.15, -0.1) is 0 Å². The summed E-state index contributed by atoms with van der Waals surface area (Å²) in [5.74, 6) is 0.286. The molecule has 0 radical (unpaired) electrons. The highest BCUT2D eigenvalue weighted by Gasteiger charge is 2.39. The summed E-state index contributed by atoms with van der Waals surface area (Å²) in [6, 6.07) is 9.50. The zero-order chi connectivity index (χ0) is 16.8. The minimum Gasteiger partial charge on any atom is -0.298 e. The van der Waals surface area contributed by atoms with Crippen LogP contribution in [0, 0.1) is 17.2 Å². The average Bonchev–Trinajstić information content (AvgIpc) is 2.51. The largest absolute Gasteiger partial charge is 0.298 e. The van der Waals surface area contributed by atoms with Crippen LogP contribution in [-0.2, 0) is 5.41 Å². The molecule has 0 aliphatic rings. The standard InChI is InChI=1S/C19H31N3/c1-7-17(6)19(14-20,18-10-8-9-12-21-18)11-13-22(15(2)3)16(4)5/h8-10,12,15-17H,7,11,13H2,1-6H3/t17-,19+/m1/s1. The fourth-order valence-corrected chi connectivity index (χ4v) is 3.24. The molecular weight excluding hydrogens is 270 g/mol. The van der Waals surface area contributed by atoms with Crippen LogP contribution in [0.4, 0.5) is 0 Å². The second kappa shape index (κ2) is 8.29. The van der Waals surface area contributed by atoms with E-state index in [1.807, 2.05) is 18.2 Å². The molecule has 122 valence electrons. The Balaban J connectivity index is 3.10. The molecule has 1 aromatic heterocycles. The molecule has 2 atom stereocenters. The molecule has 0 aliphatic carbocycles. The first-order chi connectivity index (χ1) is 10.4. The van der Waals surface area contributed by atoms with Crippen molar-refractivity contribution in [2.24, 2.45) is 5.92 Å². The molecule has 0 aliphatic heterocycles. The number of hydrogen-bond donors (Lipinski definition) is 0. The Hall–Kier alpha value is -1.40. The summed E-state index contributed by atoms with van der Waals surface area (Å²) in [6.07, 6.45) is 3.60. The van der Waals surface area contributed by atoms with Crippen LogP contribution in [0.25, 0.3) is 0 Å². The van der Waals surface area contributed by atoms with Crippen molar-refractivity contribution in [1.29, 1.82) is 5.26 Å². The molecule has 0 N–H and O–H groups in total. The van der Waals surface area contributed by atoms with E-state index in [1.54, 1.807) is 6.20 Å². The third kappa shape index (κ3) is 4.08. The molecular formula is C19H31N3. The highest BCUT2D eigenvalue weighted by Crippen LogP contribution is 2.36. The van der Waals surface area contributed by atoms with Gasteiger partial charge in [-0.1, -0.05) is 26.3 Å². The van der Waals surface area contributed by atoms with E-state index in [9.17, 15) is 5.26 Å². The topological polar surface area (TPSA) is 39.9 Å². The minimum absolute atomic E-state index is 0.286. The summed E-state index contributed by atoms with van der Waals surface area (Å²) in [5.41, 5.74) is 0.414. The van der Waals surface area contributed by atoms with Crippen molar-refractivity contribution < 1.29 is 0 Å². The minimum atomic E-state index is -0.502. The van der Waals surface area contributed by atoms with E-state index in [2.05, 4.69) is 57.5 Å². The Labute approximate surface area is 136 Å². The van der Waals surface area contributed by atoms with E-state index in [4.69, 9.17) is 0 Å². The first-order valence-electron chi connectivity index (χ1n) is 8.47. The first kappa shape index (κ1) is 18.6. The molecule has 1 rings (SSSR count). The zero-order valence-electron chi connectivity index (χ0n) is 15.0. The number of nitrogens with zero attached hydrogens (tertiary/aromatic N) is 3. The van der Waals surface area contributed by atoms with E-state index in [1.165, 1.54) is 0 Å². The molecule has 0 unspecified atom stereocenters. The summed E-state index contributed by atoms with van der Waals surface area (Å²) < 4.78 is 0. The molecule has 3 heteroatoms. The Morgan fingerprint density at radius 3 is 2.23 bits per heavy atom. The lowest BCUT2D eigenvalue weighted by Gasteiger charge is -2.37. The Morgan fingerprint density at radius 1 is 1.18 bits per heavy atom. The maximum atomic E-state index is 10.0. The highest BCUT2D eigenvalue weighted by molar-refractivity contribution is 5.27. The van der Waals surface area contributed by atoms with Gasteiger partial charge in [0.1, 0.15) is 5.41 Å². The first-order valence-corrected chi connectivity index (χ1v) is 8.47. The van der Waals surface area contributed by atoms with Gasteiger partial charge in [-0.05, 0) is 52.2 Å². The van der Waals surface area contributed by atoms with Gasteiger partial charge in [0.25, 0.3) is 0 Å². The predicted molar refractivity (Wildman–Crippen MR) is 92.6 cm³/mol. The van der Waals surface area contributed by atoms with Gasteiger partial charge in [0.05, 0.1) is 11.8 Å². The van der Waals surface area contributed by atoms with Crippen molar-refractivity contribution in [1.82, 2.24) is 9.88 Å². The summed E-state index contributed by atoms with van der Waals surface area (Å²) in [6.45, 7) is 14.1. The van der Waals surface area contributed by atoms with E-state index >= 15 is 0 Å². The SMILES string of the molecule is CC[C@@H](C)[C@@](C#N)(CCN(C(C)C)C(C)C)c1ccccn1. The third-order valence-corrected chi connectivity index (χ3v) is 4.87. The van der Waals surface area contributed by atoms with Gasteiger partial charge in [0.2, 0.25) is 0 Å². The van der Waals surface area contributed by atoms with Gasteiger partial charge < -0.3 is 0 Å². The fraction of sp³-hybridized carbons (Fsp3) is 0.684. The van der Waals surface area contributed by atoms with Gasteiger partial charge in [-0.25, -0.2) is 0 Å². The van der Waals surface area contributed by atoms with Gasteiger partial charge >= 0.3 is 0 Å². The normalized spacial score (nSPS) is 15.8. The van der Waals surface area contributed by atoms with Gasteiger partial charge in [-0.3, -0.25) is 9.88 Å². The van der Waals surface area contributed by atoms with Crippen LogP contribution in [0.3, 0.4) is 0 Å². The van der Waals surface area contributed by atoms with Crippen molar-refractivity contribution in [2.45, 2.75) is 71.9 Å². The number of pyridine rings is 1. The van der Waals surface area contributed by atoms with Crippen LogP contribution in [0.15, 0.2) is 24.4 Å². The molecule has 22 heavy (non-hydrogen) atoms. The molecule has 0 bridgehead atoms. The maximum absolute atomic E-state index is 10.0. The lowest BCUT2D eigenvalue weighted by Crippen LogP contribution is -2.42. The van der Waals surface area contributed by atoms with Crippen LogP contribution in [0.2, 0.25) is 0 Å². The van der Waals surface area contributed by atoms with Crippen LogP contribution < -0.4 is 0 Å². The number of nitriles is 1.